The molecule has 3 aromatic carbocycles. The quantitative estimate of drug-likeness (QED) is 0.268. The van der Waals surface area contributed by atoms with E-state index < -0.39 is 5.97 Å². The van der Waals surface area contributed by atoms with Gasteiger partial charge in [-0.15, -0.1) is 0 Å². The Bertz CT molecular complexity index is 1170. The van der Waals surface area contributed by atoms with Crippen LogP contribution in [0.15, 0.2) is 82.6 Å². The summed E-state index contributed by atoms with van der Waals surface area (Å²) in [5.74, 6) is -0.947. The van der Waals surface area contributed by atoms with Gasteiger partial charge in [-0.05, 0) is 60.4 Å². The van der Waals surface area contributed by atoms with E-state index >= 15 is 0 Å². The summed E-state index contributed by atoms with van der Waals surface area (Å²) < 4.78 is 0. The standard InChI is InChI=1S/C26H26N2O2S/c1-2-3-7-18-10-13-20(14-11-18)27-17-19-12-15-23-22(16-19)25(24(28-23)26(29)30)31-21-8-5-4-6-9-21/h4-6,8-16,27-28H,2-3,7,17H2,1H3,(H,29,30). The van der Waals surface area contributed by atoms with Crippen molar-refractivity contribution in [3.63, 3.8) is 0 Å². The van der Waals surface area contributed by atoms with E-state index in [2.05, 4.69) is 47.6 Å². The number of aryl methyl sites for hydroxylation is 1. The highest BCUT2D eigenvalue weighted by molar-refractivity contribution is 7.99. The third-order valence-corrected chi connectivity index (χ3v) is 6.40. The molecule has 0 amide bonds. The summed E-state index contributed by atoms with van der Waals surface area (Å²) in [4.78, 5) is 16.6. The molecule has 0 radical (unpaired) electrons. The number of aromatic amines is 1. The largest absolute Gasteiger partial charge is 0.477 e. The number of carboxylic acid groups (broad SMARTS) is 1. The third-order valence-electron chi connectivity index (χ3n) is 5.26. The number of hydrogen-bond donors (Lipinski definition) is 3. The number of unbranched alkanes of at least 4 members (excludes halogenated alkanes) is 1. The van der Waals surface area contributed by atoms with E-state index in [0.29, 0.717) is 6.54 Å². The summed E-state index contributed by atoms with van der Waals surface area (Å²) in [6.45, 7) is 2.88. The maximum absolute atomic E-state index is 11.8. The van der Waals surface area contributed by atoms with Gasteiger partial charge in [0.05, 0.1) is 4.90 Å². The molecule has 0 unspecified atom stereocenters. The zero-order chi connectivity index (χ0) is 21.6. The fourth-order valence-corrected chi connectivity index (χ4v) is 4.61. The number of anilines is 1. The first-order valence-corrected chi connectivity index (χ1v) is 11.4. The molecule has 1 aromatic heterocycles. The number of aromatic carboxylic acids is 1. The van der Waals surface area contributed by atoms with Gasteiger partial charge in [-0.3, -0.25) is 0 Å². The molecule has 158 valence electrons. The van der Waals surface area contributed by atoms with Gasteiger partial charge in [-0.1, -0.05) is 61.5 Å². The zero-order valence-corrected chi connectivity index (χ0v) is 18.3. The van der Waals surface area contributed by atoms with Crippen LogP contribution >= 0.6 is 11.8 Å². The normalized spacial score (nSPS) is 11.0. The van der Waals surface area contributed by atoms with Crippen molar-refractivity contribution >= 4 is 34.3 Å². The Kier molecular flexibility index (Phi) is 6.63. The van der Waals surface area contributed by atoms with E-state index in [9.17, 15) is 9.90 Å². The van der Waals surface area contributed by atoms with Crippen molar-refractivity contribution in [1.82, 2.24) is 4.98 Å². The number of carbonyl (C=O) groups is 1. The van der Waals surface area contributed by atoms with Crippen LogP contribution in [0.3, 0.4) is 0 Å². The smallest absolute Gasteiger partial charge is 0.353 e. The van der Waals surface area contributed by atoms with Crippen molar-refractivity contribution in [2.75, 3.05) is 5.32 Å². The Balaban J connectivity index is 1.55. The van der Waals surface area contributed by atoms with Crippen molar-refractivity contribution in [2.24, 2.45) is 0 Å². The van der Waals surface area contributed by atoms with Crippen LogP contribution in [-0.2, 0) is 13.0 Å². The first-order chi connectivity index (χ1) is 15.1. The van der Waals surface area contributed by atoms with Gasteiger partial charge >= 0.3 is 5.97 Å². The van der Waals surface area contributed by atoms with Gasteiger partial charge in [0.15, 0.2) is 0 Å². The molecule has 0 bridgehead atoms. The van der Waals surface area contributed by atoms with Crippen molar-refractivity contribution in [3.8, 4) is 0 Å². The van der Waals surface area contributed by atoms with Gasteiger partial charge in [0, 0.05) is 28.0 Å². The number of hydrogen-bond acceptors (Lipinski definition) is 3. The predicted octanol–water partition coefficient (Wildman–Crippen LogP) is 6.97. The van der Waals surface area contributed by atoms with E-state index in [4.69, 9.17) is 0 Å². The van der Waals surface area contributed by atoms with Crippen LogP contribution in [-0.4, -0.2) is 16.1 Å². The van der Waals surface area contributed by atoms with Crippen molar-refractivity contribution in [1.29, 1.82) is 0 Å². The minimum atomic E-state index is -0.947. The molecular formula is C26H26N2O2S. The van der Waals surface area contributed by atoms with E-state index in [1.54, 1.807) is 0 Å². The summed E-state index contributed by atoms with van der Waals surface area (Å²) in [5, 5.41) is 14.1. The molecule has 0 aliphatic heterocycles. The molecular weight excluding hydrogens is 404 g/mol. The van der Waals surface area contributed by atoms with Crippen LogP contribution in [0.2, 0.25) is 0 Å². The Hall–Kier alpha value is -3.18. The van der Waals surface area contributed by atoms with Crippen LogP contribution < -0.4 is 5.32 Å². The summed E-state index contributed by atoms with van der Waals surface area (Å²) >= 11 is 1.48. The van der Waals surface area contributed by atoms with Crippen LogP contribution in [0, 0.1) is 0 Å². The number of aromatic nitrogens is 1. The van der Waals surface area contributed by atoms with E-state index in [-0.39, 0.29) is 5.69 Å². The van der Waals surface area contributed by atoms with E-state index in [1.807, 2.05) is 42.5 Å². The molecule has 0 atom stereocenters. The number of H-pyrrole nitrogens is 1. The highest BCUT2D eigenvalue weighted by Gasteiger charge is 2.18. The molecule has 0 fully saturated rings. The molecule has 4 rings (SSSR count). The molecule has 0 spiro atoms. The Labute approximate surface area is 186 Å². The van der Waals surface area contributed by atoms with E-state index in [1.165, 1.54) is 30.2 Å². The topological polar surface area (TPSA) is 65.1 Å². The van der Waals surface area contributed by atoms with E-state index in [0.717, 1.165) is 38.4 Å². The molecule has 3 N–H and O–H groups in total. The lowest BCUT2D eigenvalue weighted by atomic mass is 10.1. The maximum atomic E-state index is 11.8. The SMILES string of the molecule is CCCCc1ccc(NCc2ccc3[nH]c(C(=O)O)c(Sc4ccccc4)c3c2)cc1. The number of rotatable bonds is 9. The van der Waals surface area contributed by atoms with Crippen LogP contribution in [0.4, 0.5) is 5.69 Å². The molecule has 4 nitrogen and oxygen atoms in total. The lowest BCUT2D eigenvalue weighted by Gasteiger charge is -2.09. The lowest BCUT2D eigenvalue weighted by molar-refractivity contribution is 0.0688. The third kappa shape index (κ3) is 5.12. The number of nitrogens with one attached hydrogen (secondary N) is 2. The second-order valence-corrected chi connectivity index (χ2v) is 8.67. The maximum Gasteiger partial charge on any atom is 0.353 e. The van der Waals surface area contributed by atoms with Gasteiger partial charge in [0.25, 0.3) is 0 Å². The minimum absolute atomic E-state index is 0.233. The lowest BCUT2D eigenvalue weighted by Crippen LogP contribution is -1.99. The summed E-state index contributed by atoms with van der Waals surface area (Å²) in [7, 11) is 0. The van der Waals surface area contributed by atoms with Crippen molar-refractivity contribution in [3.05, 3.63) is 89.6 Å². The van der Waals surface area contributed by atoms with Gasteiger partial charge in [0.2, 0.25) is 0 Å². The highest BCUT2D eigenvalue weighted by atomic mass is 32.2. The van der Waals surface area contributed by atoms with Crippen molar-refractivity contribution in [2.45, 2.75) is 42.5 Å². The molecule has 0 saturated heterocycles. The molecule has 1 heterocycles. The number of benzene rings is 3. The Morgan fingerprint density at radius 3 is 2.45 bits per heavy atom. The Morgan fingerprint density at radius 2 is 1.74 bits per heavy atom. The number of carboxylic acids is 1. The van der Waals surface area contributed by atoms with Crippen molar-refractivity contribution < 1.29 is 9.90 Å². The minimum Gasteiger partial charge on any atom is -0.477 e. The first kappa shape index (κ1) is 21.1. The summed E-state index contributed by atoms with van der Waals surface area (Å²) in [6, 6.07) is 24.5. The second-order valence-electron chi connectivity index (χ2n) is 7.58. The van der Waals surface area contributed by atoms with Gasteiger partial charge in [0.1, 0.15) is 5.69 Å². The molecule has 5 heteroatoms. The number of fused-ring (bicyclic) bond motifs is 1. The van der Waals surface area contributed by atoms with Gasteiger partial charge < -0.3 is 15.4 Å². The fraction of sp³-hybridized carbons (Fsp3) is 0.192. The van der Waals surface area contributed by atoms with Crippen LogP contribution in [0.1, 0.15) is 41.4 Å². The monoisotopic (exact) mass is 430 g/mol. The van der Waals surface area contributed by atoms with Gasteiger partial charge in [-0.2, -0.15) is 0 Å². The first-order valence-electron chi connectivity index (χ1n) is 10.6. The molecule has 4 aromatic rings. The second kappa shape index (κ2) is 9.75. The predicted molar refractivity (Wildman–Crippen MR) is 128 cm³/mol. The molecule has 0 saturated carbocycles. The molecule has 0 aliphatic carbocycles. The summed E-state index contributed by atoms with van der Waals surface area (Å²) in [5.41, 5.74) is 4.62. The van der Waals surface area contributed by atoms with Crippen LogP contribution in [0.25, 0.3) is 10.9 Å². The highest BCUT2D eigenvalue weighted by Crippen LogP contribution is 2.37. The van der Waals surface area contributed by atoms with Gasteiger partial charge in [-0.25, -0.2) is 4.79 Å². The average molecular weight is 431 g/mol. The van der Waals surface area contributed by atoms with Crippen LogP contribution in [0.5, 0.6) is 0 Å². The molecule has 31 heavy (non-hydrogen) atoms. The molecule has 0 aliphatic rings. The average Bonchev–Trinajstić information content (AvgIpc) is 3.15. The fourth-order valence-electron chi connectivity index (χ4n) is 3.56. The summed E-state index contributed by atoms with van der Waals surface area (Å²) in [6.07, 6.45) is 3.54. The Morgan fingerprint density at radius 1 is 1.00 bits per heavy atom. The zero-order valence-electron chi connectivity index (χ0n) is 17.5.